The fraction of sp³-hybridized carbons (Fsp3) is 0.261. The highest BCUT2D eigenvalue weighted by molar-refractivity contribution is 8.00. The molecule has 5 heterocycles. The lowest BCUT2D eigenvalue weighted by atomic mass is 10.0. The zero-order chi connectivity index (χ0) is 27.0. The van der Waals surface area contributed by atoms with Gasteiger partial charge in [0, 0.05) is 45.5 Å². The van der Waals surface area contributed by atoms with Crippen LogP contribution in [0.15, 0.2) is 51.7 Å². The van der Waals surface area contributed by atoms with Crippen molar-refractivity contribution in [3.63, 3.8) is 0 Å². The SMILES string of the molecule is CO/N=C(\C(=O)N[C@@H]1C(=O)N2C(C(=O)[O-])=C(C[n+]3ccc(-c4nc(C)cs4)cc3)CS[C@H]12)c1csc(N)n1. The number of rotatable bonds is 8. The van der Waals surface area contributed by atoms with E-state index in [4.69, 9.17) is 10.6 Å². The summed E-state index contributed by atoms with van der Waals surface area (Å²) in [5, 5.41) is 22.5. The van der Waals surface area contributed by atoms with E-state index in [1.54, 1.807) is 16.7 Å². The number of amides is 2. The van der Waals surface area contributed by atoms with Crippen molar-refractivity contribution in [2.45, 2.75) is 24.9 Å². The molecule has 2 aliphatic heterocycles. The number of carboxylic acids is 1. The molecule has 2 aliphatic rings. The predicted molar refractivity (Wildman–Crippen MR) is 140 cm³/mol. The van der Waals surface area contributed by atoms with Gasteiger partial charge in [-0.25, -0.2) is 14.5 Å². The molecule has 15 heteroatoms. The lowest BCUT2D eigenvalue weighted by Gasteiger charge is -2.50. The fourth-order valence-corrected chi connectivity index (χ4v) is 6.79. The Morgan fingerprint density at radius 3 is 2.66 bits per heavy atom. The van der Waals surface area contributed by atoms with Crippen LogP contribution in [0.1, 0.15) is 11.4 Å². The Kier molecular flexibility index (Phi) is 7.14. The first-order valence-corrected chi connectivity index (χ1v) is 14.0. The molecule has 5 rings (SSSR count). The molecule has 2 amide bonds. The van der Waals surface area contributed by atoms with Crippen LogP contribution in [0.2, 0.25) is 0 Å². The van der Waals surface area contributed by atoms with Crippen LogP contribution in [-0.2, 0) is 25.8 Å². The van der Waals surface area contributed by atoms with Crippen LogP contribution >= 0.6 is 34.4 Å². The number of aromatic nitrogens is 3. The molecule has 0 bridgehead atoms. The molecule has 196 valence electrons. The first-order valence-electron chi connectivity index (χ1n) is 11.2. The fourth-order valence-electron chi connectivity index (χ4n) is 4.11. The standard InChI is InChI=1S/C23H21N7O5S3/c1-11-8-36-19(25-11)12-3-5-29(6-4-12)7-13-9-37-21-16(20(32)30(21)17(13)22(33)34)27-18(31)15(28-35-2)14-10-38-23(24)26-14/h3-6,8,10,16,21H,7,9H2,1-2H3,(H3-,24,26,27,31,33,34)/b28-15-/t16-,21-/m1/s1. The summed E-state index contributed by atoms with van der Waals surface area (Å²) in [6, 6.07) is 2.87. The molecule has 0 aliphatic carbocycles. The number of hydrogen-bond acceptors (Lipinski definition) is 12. The number of carbonyl (C=O) groups is 3. The second kappa shape index (κ2) is 10.5. The summed E-state index contributed by atoms with van der Waals surface area (Å²) < 4.78 is 1.83. The smallest absolute Gasteiger partial charge is 0.276 e. The molecule has 0 aromatic carbocycles. The third-order valence-electron chi connectivity index (χ3n) is 5.82. The Bertz CT molecular complexity index is 1480. The van der Waals surface area contributed by atoms with E-state index in [1.807, 2.05) is 41.4 Å². The summed E-state index contributed by atoms with van der Waals surface area (Å²) in [6.07, 6.45) is 3.68. The summed E-state index contributed by atoms with van der Waals surface area (Å²) >= 11 is 4.03. The maximum Gasteiger partial charge on any atom is 0.276 e. The van der Waals surface area contributed by atoms with Crippen LogP contribution in [-0.4, -0.2) is 62.6 Å². The van der Waals surface area contributed by atoms with Crippen molar-refractivity contribution >= 4 is 63.1 Å². The second-order valence-electron chi connectivity index (χ2n) is 8.35. The Morgan fingerprint density at radius 1 is 1.29 bits per heavy atom. The van der Waals surface area contributed by atoms with Crippen molar-refractivity contribution in [1.29, 1.82) is 0 Å². The van der Waals surface area contributed by atoms with E-state index in [1.165, 1.54) is 23.8 Å². The van der Waals surface area contributed by atoms with Gasteiger partial charge in [0.1, 0.15) is 29.2 Å². The van der Waals surface area contributed by atoms with Crippen LogP contribution < -0.4 is 20.7 Å². The second-order valence-corrected chi connectivity index (χ2v) is 11.2. The van der Waals surface area contributed by atoms with Crippen LogP contribution in [0.3, 0.4) is 0 Å². The van der Waals surface area contributed by atoms with Gasteiger partial charge in [-0.3, -0.25) is 14.5 Å². The minimum absolute atomic E-state index is 0.142. The number of pyridine rings is 1. The van der Waals surface area contributed by atoms with E-state index in [2.05, 4.69) is 20.4 Å². The molecule has 1 saturated heterocycles. The number of carboxylic acid groups (broad SMARTS) is 1. The van der Waals surface area contributed by atoms with Gasteiger partial charge in [-0.2, -0.15) is 0 Å². The molecule has 3 N–H and O–H groups in total. The van der Waals surface area contributed by atoms with Gasteiger partial charge < -0.3 is 25.8 Å². The highest BCUT2D eigenvalue weighted by Gasteiger charge is 2.53. The molecule has 3 aromatic heterocycles. The van der Waals surface area contributed by atoms with E-state index in [-0.39, 0.29) is 28.8 Å². The summed E-state index contributed by atoms with van der Waals surface area (Å²) in [5.74, 6) is -2.35. The van der Waals surface area contributed by atoms with Crippen molar-refractivity contribution in [2.75, 3.05) is 18.6 Å². The van der Waals surface area contributed by atoms with E-state index in [0.717, 1.165) is 27.6 Å². The van der Waals surface area contributed by atoms with Gasteiger partial charge >= 0.3 is 0 Å². The highest BCUT2D eigenvalue weighted by atomic mass is 32.2. The number of aryl methyl sites for hydroxylation is 1. The van der Waals surface area contributed by atoms with Crippen molar-refractivity contribution in [2.24, 2.45) is 5.16 Å². The lowest BCUT2D eigenvalue weighted by Crippen LogP contribution is -2.71. The van der Waals surface area contributed by atoms with Crippen molar-refractivity contribution in [3.8, 4) is 10.6 Å². The molecular formula is C23H21N7O5S3. The van der Waals surface area contributed by atoms with Gasteiger partial charge in [0.2, 0.25) is 0 Å². The molecule has 3 aromatic rings. The quantitative estimate of drug-likeness (QED) is 0.162. The monoisotopic (exact) mass is 571 g/mol. The average molecular weight is 572 g/mol. The number of β-lactam (4-membered cyclic amide) rings is 1. The predicted octanol–water partition coefficient (Wildman–Crippen LogP) is -0.101. The van der Waals surface area contributed by atoms with E-state index < -0.39 is 29.2 Å². The summed E-state index contributed by atoms with van der Waals surface area (Å²) in [4.78, 5) is 52.5. The minimum atomic E-state index is -1.45. The van der Waals surface area contributed by atoms with Gasteiger partial charge in [0.05, 0.1) is 11.7 Å². The Balaban J connectivity index is 1.32. The zero-order valence-electron chi connectivity index (χ0n) is 20.1. The molecule has 0 saturated carbocycles. The van der Waals surface area contributed by atoms with E-state index in [9.17, 15) is 19.5 Å². The van der Waals surface area contributed by atoms with Crippen molar-refractivity contribution < 1.29 is 28.9 Å². The molecule has 38 heavy (non-hydrogen) atoms. The number of hydrogen-bond donors (Lipinski definition) is 2. The first kappa shape index (κ1) is 25.8. The Hall–Kier alpha value is -3.82. The molecule has 1 fully saturated rings. The largest absolute Gasteiger partial charge is 0.543 e. The minimum Gasteiger partial charge on any atom is -0.543 e. The maximum absolute atomic E-state index is 13.0. The molecule has 12 nitrogen and oxygen atoms in total. The number of nitrogens with zero attached hydrogens (tertiary/aromatic N) is 5. The van der Waals surface area contributed by atoms with Crippen LogP contribution in [0.25, 0.3) is 10.6 Å². The van der Waals surface area contributed by atoms with E-state index >= 15 is 0 Å². The van der Waals surface area contributed by atoms with Crippen LogP contribution in [0.4, 0.5) is 5.13 Å². The number of nitrogen functional groups attached to an aromatic ring is 1. The van der Waals surface area contributed by atoms with Crippen molar-refractivity contribution in [1.82, 2.24) is 20.2 Å². The van der Waals surface area contributed by atoms with Crippen LogP contribution in [0.5, 0.6) is 0 Å². The summed E-state index contributed by atoms with van der Waals surface area (Å²) in [5.41, 5.74) is 7.98. The molecule has 0 unspecified atom stereocenters. The summed E-state index contributed by atoms with van der Waals surface area (Å²) in [7, 11) is 1.28. The van der Waals surface area contributed by atoms with Gasteiger partial charge in [-0.15, -0.1) is 34.4 Å². The lowest BCUT2D eigenvalue weighted by molar-refractivity contribution is -0.689. The van der Waals surface area contributed by atoms with Crippen molar-refractivity contribution in [3.05, 3.63) is 57.9 Å². The maximum atomic E-state index is 13.0. The van der Waals surface area contributed by atoms with Gasteiger partial charge in [0.15, 0.2) is 29.8 Å². The molecule has 0 spiro atoms. The van der Waals surface area contributed by atoms with E-state index in [0.29, 0.717) is 11.3 Å². The number of fused-ring (bicyclic) bond motifs is 1. The third kappa shape index (κ3) is 4.87. The molecular weight excluding hydrogens is 550 g/mol. The average Bonchev–Trinajstić information content (AvgIpc) is 3.53. The topological polar surface area (TPSA) is 167 Å². The highest BCUT2D eigenvalue weighted by Crippen LogP contribution is 2.40. The number of carbonyl (C=O) groups excluding carboxylic acids is 3. The number of thioether (sulfide) groups is 1. The first-order chi connectivity index (χ1) is 18.3. The zero-order valence-corrected chi connectivity index (χ0v) is 22.6. The van der Waals surface area contributed by atoms with Gasteiger partial charge in [-0.1, -0.05) is 5.16 Å². The number of anilines is 1. The van der Waals surface area contributed by atoms with Crippen LogP contribution in [0, 0.1) is 6.92 Å². The molecule has 2 atom stereocenters. The summed E-state index contributed by atoms with van der Waals surface area (Å²) in [6.45, 7) is 2.19. The number of nitrogens with one attached hydrogen (secondary N) is 1. The Labute approximate surface area is 228 Å². The number of nitrogens with two attached hydrogens (primary N) is 1. The third-order valence-corrected chi connectivity index (χ3v) is 8.84. The van der Waals surface area contributed by atoms with Gasteiger partial charge in [-0.05, 0) is 6.92 Å². The number of thiazole rings is 2. The normalized spacial score (nSPS) is 19.2. The Morgan fingerprint density at radius 2 is 2.05 bits per heavy atom. The number of aliphatic carboxylic acids is 1. The van der Waals surface area contributed by atoms with Gasteiger partial charge in [0.25, 0.3) is 11.8 Å². The molecule has 0 radical (unpaired) electrons. The number of oxime groups is 1.